The first-order chi connectivity index (χ1) is 27.2. The Balaban J connectivity index is 0.000000297. The number of ether oxygens (including phenoxy) is 3. The summed E-state index contributed by atoms with van der Waals surface area (Å²) in [5.74, 6) is 0. The number of nitrogens with zero attached hydrogens (tertiary/aromatic N) is 2. The molecular formula is C49H64KN2O5+. The molecule has 1 aliphatic carbocycles. The van der Waals surface area contributed by atoms with Crippen LogP contribution in [0.3, 0.4) is 0 Å². The summed E-state index contributed by atoms with van der Waals surface area (Å²) in [7, 11) is 0. The van der Waals surface area contributed by atoms with Crippen LogP contribution in [0.1, 0.15) is 47.2 Å². The smallest absolute Gasteiger partial charge is 0.395 e. The van der Waals surface area contributed by atoms with Crippen LogP contribution in [0.15, 0.2) is 152 Å². The first-order valence-electron chi connectivity index (χ1n) is 19.5. The molecule has 1 saturated heterocycles. The molecule has 0 aromatic heterocycles. The van der Waals surface area contributed by atoms with Crippen LogP contribution in [0.2, 0.25) is 0 Å². The predicted molar refractivity (Wildman–Crippen MR) is 231 cm³/mol. The summed E-state index contributed by atoms with van der Waals surface area (Å²) in [6, 6.07) is 50.3. The SMILES string of the molecule is C.C1=Cc2ccccc2CC1.C1CO1.OCCN(Cc1ccccc1)Cc1ccccc1.OCCOCCOCCN(Cc1ccccc1)Cc1ccccc1.[K+]. The average Bonchev–Trinajstić information content (AvgIpc) is 4.13. The largest absolute Gasteiger partial charge is 1.00 e. The number of epoxide rings is 1. The maximum Gasteiger partial charge on any atom is 1.00 e. The number of allylic oxidation sites excluding steroid dienone is 1. The fourth-order valence-corrected chi connectivity index (χ4v) is 5.89. The minimum absolute atomic E-state index is 0. The normalized spacial score (nSPS) is 11.9. The minimum Gasteiger partial charge on any atom is -0.395 e. The van der Waals surface area contributed by atoms with E-state index >= 15 is 0 Å². The molecule has 8 heteroatoms. The Morgan fingerprint density at radius 2 is 0.895 bits per heavy atom. The Kier molecular flexibility index (Phi) is 29.2. The van der Waals surface area contributed by atoms with Crippen molar-refractivity contribution in [3.63, 3.8) is 0 Å². The van der Waals surface area contributed by atoms with Gasteiger partial charge in [-0.25, -0.2) is 0 Å². The topological polar surface area (TPSA) is 77.9 Å². The van der Waals surface area contributed by atoms with Gasteiger partial charge in [0, 0.05) is 39.3 Å². The van der Waals surface area contributed by atoms with Gasteiger partial charge in [0.25, 0.3) is 0 Å². The van der Waals surface area contributed by atoms with E-state index in [0.717, 1.165) is 45.9 Å². The summed E-state index contributed by atoms with van der Waals surface area (Å²) in [5.41, 5.74) is 8.06. The summed E-state index contributed by atoms with van der Waals surface area (Å²) in [4.78, 5) is 4.64. The van der Waals surface area contributed by atoms with E-state index < -0.39 is 0 Å². The van der Waals surface area contributed by atoms with E-state index in [0.29, 0.717) is 33.0 Å². The van der Waals surface area contributed by atoms with Gasteiger partial charge in [-0.2, -0.15) is 0 Å². The molecule has 5 aromatic rings. The zero-order chi connectivity index (χ0) is 38.4. The van der Waals surface area contributed by atoms with Crippen molar-refractivity contribution < 1.29 is 75.8 Å². The zero-order valence-corrected chi connectivity index (χ0v) is 36.5. The summed E-state index contributed by atoms with van der Waals surface area (Å²) < 4.78 is 15.3. The van der Waals surface area contributed by atoms with Crippen LogP contribution in [0.25, 0.3) is 6.08 Å². The Labute approximate surface area is 385 Å². The standard InChI is InChI=1S/C20H27NO3.C16H19NO.C10H10.C2H4O.CH4.K/c22-12-14-24-16-15-23-13-11-21(17-19-7-3-1-4-8-19)18-20-9-5-2-6-10-20;18-12-11-17(13-15-7-3-1-4-8-15)14-16-9-5-2-6-10-16;1-2-6-10-8-4-3-7-9(10)5-1;1-2-3-1;;/h1-10,22H,11-18H2;1-10,18H,11-14H2;1-3,5-7H,4,8H2;1-2H2;1H4;/q;;;;;+1. The Hall–Kier alpha value is -2.80. The second kappa shape index (κ2) is 33.1. The molecule has 0 unspecified atom stereocenters. The van der Waals surface area contributed by atoms with Gasteiger partial charge in [-0.1, -0.05) is 165 Å². The molecule has 1 aliphatic heterocycles. The number of rotatable bonds is 18. The molecule has 2 N–H and O–H groups in total. The molecule has 2 aliphatic rings. The second-order valence-corrected chi connectivity index (χ2v) is 13.3. The van der Waals surface area contributed by atoms with Crippen molar-refractivity contribution in [3.05, 3.63) is 185 Å². The van der Waals surface area contributed by atoms with Gasteiger partial charge in [0.05, 0.1) is 52.9 Å². The quantitative estimate of drug-likeness (QED) is 0.0670. The third kappa shape index (κ3) is 24.0. The molecule has 0 bridgehead atoms. The fourth-order valence-electron chi connectivity index (χ4n) is 5.89. The monoisotopic (exact) mass is 799 g/mol. The molecule has 7 nitrogen and oxygen atoms in total. The van der Waals surface area contributed by atoms with Crippen LogP contribution >= 0.6 is 0 Å². The molecule has 0 amide bonds. The van der Waals surface area contributed by atoms with Gasteiger partial charge >= 0.3 is 51.4 Å². The molecule has 300 valence electrons. The number of aryl methyl sites for hydroxylation is 1. The molecule has 57 heavy (non-hydrogen) atoms. The third-order valence-electron chi connectivity index (χ3n) is 8.71. The van der Waals surface area contributed by atoms with Gasteiger partial charge in [-0.05, 0) is 46.2 Å². The molecule has 1 fully saturated rings. The van der Waals surface area contributed by atoms with Crippen LogP contribution < -0.4 is 51.4 Å². The van der Waals surface area contributed by atoms with Gasteiger partial charge in [-0.15, -0.1) is 0 Å². The predicted octanol–water partition coefficient (Wildman–Crippen LogP) is 5.70. The number of benzene rings is 5. The molecular weight excluding hydrogens is 736 g/mol. The maximum atomic E-state index is 9.15. The average molecular weight is 800 g/mol. The van der Waals surface area contributed by atoms with Crippen LogP contribution in [0.4, 0.5) is 0 Å². The van der Waals surface area contributed by atoms with Gasteiger partial charge in [0.1, 0.15) is 0 Å². The molecule has 1 heterocycles. The van der Waals surface area contributed by atoms with E-state index in [1.54, 1.807) is 0 Å². The number of hydrogen-bond donors (Lipinski definition) is 2. The third-order valence-corrected chi connectivity index (χ3v) is 8.71. The van der Waals surface area contributed by atoms with E-state index in [1.165, 1.54) is 46.2 Å². The summed E-state index contributed by atoms with van der Waals surface area (Å²) in [5, 5.41) is 17.8. The van der Waals surface area contributed by atoms with Crippen molar-refractivity contribution in [2.75, 3.05) is 65.9 Å². The van der Waals surface area contributed by atoms with E-state index in [9.17, 15) is 0 Å². The second-order valence-electron chi connectivity index (χ2n) is 13.3. The van der Waals surface area contributed by atoms with Crippen LogP contribution in [-0.2, 0) is 46.8 Å². The molecule has 0 saturated carbocycles. The van der Waals surface area contributed by atoms with Gasteiger partial charge in [-0.3, -0.25) is 9.80 Å². The van der Waals surface area contributed by atoms with Crippen molar-refractivity contribution in [2.45, 2.75) is 46.4 Å². The van der Waals surface area contributed by atoms with Crippen LogP contribution in [0.5, 0.6) is 0 Å². The number of hydrogen-bond acceptors (Lipinski definition) is 7. The summed E-state index contributed by atoms with van der Waals surface area (Å²) in [6.45, 7) is 9.49. The summed E-state index contributed by atoms with van der Waals surface area (Å²) in [6.07, 6.45) is 6.87. The first kappa shape index (κ1) is 50.3. The molecule has 0 radical (unpaired) electrons. The van der Waals surface area contributed by atoms with Crippen LogP contribution in [-0.4, -0.2) is 86.0 Å². The Morgan fingerprint density at radius 3 is 1.30 bits per heavy atom. The zero-order valence-electron chi connectivity index (χ0n) is 33.3. The van der Waals surface area contributed by atoms with Crippen molar-refractivity contribution >= 4 is 6.08 Å². The van der Waals surface area contributed by atoms with E-state index in [-0.39, 0.29) is 72.0 Å². The van der Waals surface area contributed by atoms with Crippen molar-refractivity contribution in [2.24, 2.45) is 0 Å². The van der Waals surface area contributed by atoms with Crippen molar-refractivity contribution in [1.82, 2.24) is 9.80 Å². The Morgan fingerprint density at radius 1 is 0.491 bits per heavy atom. The summed E-state index contributed by atoms with van der Waals surface area (Å²) >= 11 is 0. The van der Waals surface area contributed by atoms with E-state index in [1.807, 2.05) is 24.3 Å². The van der Waals surface area contributed by atoms with E-state index in [4.69, 9.17) is 19.7 Å². The molecule has 7 rings (SSSR count). The van der Waals surface area contributed by atoms with Crippen molar-refractivity contribution in [1.29, 1.82) is 0 Å². The fraction of sp³-hybridized carbons (Fsp3) is 0.347. The van der Waals surface area contributed by atoms with Crippen molar-refractivity contribution in [3.8, 4) is 0 Å². The van der Waals surface area contributed by atoms with Gasteiger partial charge < -0.3 is 24.4 Å². The van der Waals surface area contributed by atoms with E-state index in [2.05, 4.69) is 148 Å². The molecule has 0 atom stereocenters. The van der Waals surface area contributed by atoms with Crippen LogP contribution in [0, 0.1) is 0 Å². The first-order valence-corrected chi connectivity index (χ1v) is 19.5. The Bertz CT molecular complexity index is 1590. The van der Waals surface area contributed by atoms with Gasteiger partial charge in [0.15, 0.2) is 0 Å². The minimum atomic E-state index is 0. The number of aliphatic hydroxyl groups excluding tert-OH is 2. The number of fused-ring (bicyclic) bond motifs is 1. The maximum absolute atomic E-state index is 9.15. The molecule has 0 spiro atoms. The molecule has 5 aromatic carbocycles. The van der Waals surface area contributed by atoms with Gasteiger partial charge in [0.2, 0.25) is 0 Å². The number of aliphatic hydroxyl groups is 2.